The van der Waals surface area contributed by atoms with Crippen LogP contribution in [0.15, 0.2) is 30.5 Å². The van der Waals surface area contributed by atoms with Crippen molar-refractivity contribution in [2.75, 3.05) is 35.5 Å². The minimum absolute atomic E-state index is 0.215. The van der Waals surface area contributed by atoms with Gasteiger partial charge in [-0.15, -0.1) is 0 Å². The van der Waals surface area contributed by atoms with E-state index in [1.165, 1.54) is 12.1 Å². The second-order valence-corrected chi connectivity index (χ2v) is 13.2. The van der Waals surface area contributed by atoms with Crippen LogP contribution < -0.4 is 9.62 Å². The number of sulfonamides is 1. The molecular formula is C26H33ClN6O3S. The van der Waals surface area contributed by atoms with Gasteiger partial charge in [-0.1, -0.05) is 25.4 Å². The Bertz CT molecular complexity index is 1470. The summed E-state index contributed by atoms with van der Waals surface area (Å²) in [5.41, 5.74) is 3.29. The van der Waals surface area contributed by atoms with Gasteiger partial charge in [-0.2, -0.15) is 5.10 Å². The number of hydrogen-bond acceptors (Lipinski definition) is 6. The van der Waals surface area contributed by atoms with Crippen molar-refractivity contribution in [1.82, 2.24) is 19.5 Å². The van der Waals surface area contributed by atoms with Crippen LogP contribution in [0.25, 0.3) is 5.65 Å². The Morgan fingerprint density at radius 1 is 1.19 bits per heavy atom. The SMILES string of the molecule is Cc1cn2nc(C3CCCCN3C(=O)c3cc(Cl)ccc3NS(C)(=O)=O)cc2nc1N1CCC(C)(C)C1. The highest BCUT2D eigenvalue weighted by molar-refractivity contribution is 7.92. The predicted molar refractivity (Wildman–Crippen MR) is 146 cm³/mol. The van der Waals surface area contributed by atoms with Gasteiger partial charge in [0.2, 0.25) is 10.0 Å². The molecule has 0 saturated carbocycles. The molecule has 0 radical (unpaired) electrons. The Balaban J connectivity index is 1.48. The molecule has 1 N–H and O–H groups in total. The maximum atomic E-state index is 13.8. The quantitative estimate of drug-likeness (QED) is 0.501. The molecule has 2 aromatic heterocycles. The van der Waals surface area contributed by atoms with E-state index in [1.54, 1.807) is 15.5 Å². The van der Waals surface area contributed by atoms with Gasteiger partial charge >= 0.3 is 0 Å². The molecule has 198 valence electrons. The van der Waals surface area contributed by atoms with E-state index in [1.807, 2.05) is 12.3 Å². The van der Waals surface area contributed by atoms with E-state index in [-0.39, 0.29) is 28.6 Å². The number of rotatable bonds is 5. The van der Waals surface area contributed by atoms with Gasteiger partial charge in [-0.05, 0) is 56.2 Å². The van der Waals surface area contributed by atoms with Crippen molar-refractivity contribution in [1.29, 1.82) is 0 Å². The number of aromatic nitrogens is 3. The monoisotopic (exact) mass is 544 g/mol. The average Bonchev–Trinajstić information content (AvgIpc) is 3.40. The Labute approximate surface area is 222 Å². The first-order chi connectivity index (χ1) is 17.4. The minimum Gasteiger partial charge on any atom is -0.356 e. The number of carbonyl (C=O) groups is 1. The summed E-state index contributed by atoms with van der Waals surface area (Å²) in [4.78, 5) is 22.9. The number of fused-ring (bicyclic) bond motifs is 1. The summed E-state index contributed by atoms with van der Waals surface area (Å²) in [6, 6.07) is 6.32. The molecule has 2 aliphatic rings. The van der Waals surface area contributed by atoms with Crippen molar-refractivity contribution in [3.63, 3.8) is 0 Å². The molecule has 5 rings (SSSR count). The third-order valence-electron chi connectivity index (χ3n) is 7.21. The normalized spacial score (nSPS) is 20.0. The third-order valence-corrected chi connectivity index (χ3v) is 8.04. The van der Waals surface area contributed by atoms with Crippen LogP contribution in [0.2, 0.25) is 5.02 Å². The molecule has 3 aromatic rings. The Kier molecular flexibility index (Phi) is 6.60. The third kappa shape index (κ3) is 5.40. The van der Waals surface area contributed by atoms with Gasteiger partial charge in [-0.3, -0.25) is 9.52 Å². The Hall–Kier alpha value is -2.85. The molecule has 0 spiro atoms. The number of benzene rings is 1. The topological polar surface area (TPSA) is 99.9 Å². The van der Waals surface area contributed by atoms with E-state index in [0.29, 0.717) is 11.6 Å². The highest BCUT2D eigenvalue weighted by Crippen LogP contribution is 2.36. The first-order valence-electron chi connectivity index (χ1n) is 12.6. The van der Waals surface area contributed by atoms with E-state index in [4.69, 9.17) is 21.7 Å². The van der Waals surface area contributed by atoms with Crippen LogP contribution in [0.3, 0.4) is 0 Å². The maximum Gasteiger partial charge on any atom is 0.256 e. The lowest BCUT2D eigenvalue weighted by atomic mass is 9.93. The van der Waals surface area contributed by atoms with Crippen molar-refractivity contribution in [2.45, 2.75) is 52.5 Å². The highest BCUT2D eigenvalue weighted by atomic mass is 35.5. The zero-order valence-corrected chi connectivity index (χ0v) is 23.2. The minimum atomic E-state index is -3.57. The molecule has 0 aliphatic carbocycles. The number of likely N-dealkylation sites (tertiary alicyclic amines) is 1. The van der Waals surface area contributed by atoms with E-state index in [0.717, 1.165) is 67.8 Å². The van der Waals surface area contributed by atoms with Crippen molar-refractivity contribution >= 4 is 44.7 Å². The largest absolute Gasteiger partial charge is 0.356 e. The molecule has 1 aromatic carbocycles. The predicted octanol–water partition coefficient (Wildman–Crippen LogP) is 4.67. The van der Waals surface area contributed by atoms with Gasteiger partial charge in [0.15, 0.2) is 5.65 Å². The van der Waals surface area contributed by atoms with Crippen LogP contribution >= 0.6 is 11.6 Å². The summed E-state index contributed by atoms with van der Waals surface area (Å²) < 4.78 is 28.1. The molecule has 37 heavy (non-hydrogen) atoms. The van der Waals surface area contributed by atoms with Gasteiger partial charge in [0.25, 0.3) is 5.91 Å². The first kappa shape index (κ1) is 25.8. The molecular weight excluding hydrogens is 512 g/mol. The highest BCUT2D eigenvalue weighted by Gasteiger charge is 2.33. The van der Waals surface area contributed by atoms with Gasteiger partial charge in [-0.25, -0.2) is 17.9 Å². The van der Waals surface area contributed by atoms with Crippen LogP contribution in [-0.4, -0.2) is 59.7 Å². The molecule has 11 heteroatoms. The second kappa shape index (κ2) is 9.47. The van der Waals surface area contributed by atoms with Gasteiger partial charge < -0.3 is 9.80 Å². The average molecular weight is 545 g/mol. The van der Waals surface area contributed by atoms with Crippen molar-refractivity contribution in [2.24, 2.45) is 5.41 Å². The van der Waals surface area contributed by atoms with Crippen molar-refractivity contribution in [3.8, 4) is 0 Å². The zero-order valence-electron chi connectivity index (χ0n) is 21.7. The fourth-order valence-electron chi connectivity index (χ4n) is 5.41. The number of hydrogen-bond donors (Lipinski definition) is 1. The number of amides is 1. The van der Waals surface area contributed by atoms with Crippen LogP contribution in [0.1, 0.15) is 67.2 Å². The molecule has 9 nitrogen and oxygen atoms in total. The van der Waals surface area contributed by atoms with E-state index < -0.39 is 10.0 Å². The lowest BCUT2D eigenvalue weighted by Crippen LogP contribution is -2.39. The number of nitrogens with one attached hydrogen (secondary N) is 1. The summed E-state index contributed by atoms with van der Waals surface area (Å²) in [6.07, 6.45) is 6.78. The molecule has 1 atom stereocenters. The molecule has 4 heterocycles. The summed E-state index contributed by atoms with van der Waals surface area (Å²) in [6.45, 7) is 9.11. The number of carbonyl (C=O) groups excluding carboxylic acids is 1. The number of nitrogens with zero attached hydrogens (tertiary/aromatic N) is 5. The van der Waals surface area contributed by atoms with Crippen molar-refractivity contribution < 1.29 is 13.2 Å². The lowest BCUT2D eigenvalue weighted by Gasteiger charge is -2.35. The van der Waals surface area contributed by atoms with Crippen LogP contribution in [0.5, 0.6) is 0 Å². The first-order valence-corrected chi connectivity index (χ1v) is 14.9. The van der Waals surface area contributed by atoms with Gasteiger partial charge in [0, 0.05) is 42.5 Å². The number of aryl methyl sites for hydroxylation is 1. The fourth-order valence-corrected chi connectivity index (χ4v) is 6.16. The molecule has 2 fully saturated rings. The number of piperidine rings is 1. The Morgan fingerprint density at radius 3 is 2.68 bits per heavy atom. The van der Waals surface area contributed by atoms with E-state index >= 15 is 0 Å². The molecule has 2 aliphatic heterocycles. The van der Waals surface area contributed by atoms with Crippen LogP contribution in [0.4, 0.5) is 11.5 Å². The van der Waals surface area contributed by atoms with Crippen LogP contribution in [0, 0.1) is 12.3 Å². The maximum absolute atomic E-state index is 13.8. The number of anilines is 2. The van der Waals surface area contributed by atoms with Crippen LogP contribution in [-0.2, 0) is 10.0 Å². The molecule has 2 saturated heterocycles. The smallest absolute Gasteiger partial charge is 0.256 e. The summed E-state index contributed by atoms with van der Waals surface area (Å²) in [5, 5.41) is 5.19. The van der Waals surface area contributed by atoms with Gasteiger partial charge in [0.1, 0.15) is 5.82 Å². The van der Waals surface area contributed by atoms with E-state index in [2.05, 4.69) is 30.4 Å². The molecule has 1 unspecified atom stereocenters. The summed E-state index contributed by atoms with van der Waals surface area (Å²) in [7, 11) is -3.57. The molecule has 0 bridgehead atoms. The van der Waals surface area contributed by atoms with Crippen molar-refractivity contribution in [3.05, 3.63) is 52.3 Å². The summed E-state index contributed by atoms with van der Waals surface area (Å²) in [5.74, 6) is 0.705. The Morgan fingerprint density at radius 2 is 1.97 bits per heavy atom. The lowest BCUT2D eigenvalue weighted by molar-refractivity contribution is 0.0607. The van der Waals surface area contributed by atoms with E-state index in [9.17, 15) is 13.2 Å². The van der Waals surface area contributed by atoms with Gasteiger partial charge in [0.05, 0.1) is 29.2 Å². The molecule has 1 amide bonds. The second-order valence-electron chi connectivity index (χ2n) is 11.0. The standard InChI is InChI=1S/C26H33ClN6O3S/c1-17-15-33-23(28-24(17)31-12-10-26(2,3)16-31)14-21(29-33)22-7-5-6-11-32(22)25(34)19-13-18(27)8-9-20(19)30-37(4,35)36/h8-9,13-15,22,30H,5-7,10-12,16H2,1-4H3. The summed E-state index contributed by atoms with van der Waals surface area (Å²) >= 11 is 6.20. The fraction of sp³-hybridized carbons (Fsp3) is 0.500. The zero-order chi connectivity index (χ0) is 26.5. The number of halogens is 1.